The summed E-state index contributed by atoms with van der Waals surface area (Å²) in [6, 6.07) is 10.5. The van der Waals surface area contributed by atoms with Gasteiger partial charge in [0.25, 0.3) is 0 Å². The zero-order valence-corrected chi connectivity index (χ0v) is 14.2. The standard InChI is InChI=1S/C19H25N3O2/c1-24-18-14-22(19(23)8-10-21-12-9-20-15-21)11-7-17(18)13-16-5-3-2-4-6-16/h2-6,9,12,15,17-18H,7-8,10-11,13-14H2,1H3/t17-,18+/m1/s1. The molecule has 1 aromatic heterocycles. The van der Waals surface area contributed by atoms with E-state index in [1.165, 1.54) is 5.56 Å². The smallest absolute Gasteiger partial charge is 0.224 e. The molecule has 1 fully saturated rings. The highest BCUT2D eigenvalue weighted by Crippen LogP contribution is 2.24. The van der Waals surface area contributed by atoms with Gasteiger partial charge >= 0.3 is 0 Å². The van der Waals surface area contributed by atoms with Crippen molar-refractivity contribution in [3.63, 3.8) is 0 Å². The first-order chi connectivity index (χ1) is 11.8. The van der Waals surface area contributed by atoms with Crippen molar-refractivity contribution in [2.45, 2.75) is 31.9 Å². The lowest BCUT2D eigenvalue weighted by atomic mass is 9.87. The molecule has 2 aromatic rings. The van der Waals surface area contributed by atoms with Crippen LogP contribution < -0.4 is 0 Å². The molecule has 1 saturated heterocycles. The number of carbonyl (C=O) groups excluding carboxylic acids is 1. The maximum absolute atomic E-state index is 12.5. The molecule has 0 N–H and O–H groups in total. The molecule has 2 atom stereocenters. The van der Waals surface area contributed by atoms with E-state index in [9.17, 15) is 4.79 Å². The summed E-state index contributed by atoms with van der Waals surface area (Å²) >= 11 is 0. The predicted octanol–water partition coefficient (Wildman–Crippen LogP) is 2.38. The van der Waals surface area contributed by atoms with Crippen LogP contribution in [0.3, 0.4) is 0 Å². The monoisotopic (exact) mass is 327 g/mol. The minimum absolute atomic E-state index is 0.108. The number of rotatable bonds is 6. The predicted molar refractivity (Wildman–Crippen MR) is 92.5 cm³/mol. The van der Waals surface area contributed by atoms with Crippen LogP contribution in [0.1, 0.15) is 18.4 Å². The van der Waals surface area contributed by atoms with E-state index in [2.05, 4.69) is 29.2 Å². The minimum atomic E-state index is 0.108. The molecule has 0 radical (unpaired) electrons. The molecule has 0 unspecified atom stereocenters. The van der Waals surface area contributed by atoms with Gasteiger partial charge in [-0.1, -0.05) is 30.3 Å². The Morgan fingerprint density at radius 3 is 2.88 bits per heavy atom. The van der Waals surface area contributed by atoms with E-state index in [0.717, 1.165) is 19.4 Å². The Balaban J connectivity index is 1.53. The molecule has 1 aromatic carbocycles. The third-order valence-electron chi connectivity index (χ3n) is 4.84. The number of aromatic nitrogens is 2. The van der Waals surface area contributed by atoms with Crippen LogP contribution in [0.4, 0.5) is 0 Å². The van der Waals surface area contributed by atoms with Gasteiger partial charge < -0.3 is 14.2 Å². The number of methoxy groups -OCH3 is 1. The van der Waals surface area contributed by atoms with Crippen LogP contribution in [0.15, 0.2) is 49.1 Å². The van der Waals surface area contributed by atoms with E-state index in [1.54, 1.807) is 19.6 Å². The number of nitrogens with zero attached hydrogens (tertiary/aromatic N) is 3. The first-order valence-corrected chi connectivity index (χ1v) is 8.56. The average molecular weight is 327 g/mol. The van der Waals surface area contributed by atoms with Gasteiger partial charge in [0.15, 0.2) is 0 Å². The number of aryl methyl sites for hydroxylation is 1. The summed E-state index contributed by atoms with van der Waals surface area (Å²) in [5.74, 6) is 0.666. The molecule has 0 saturated carbocycles. The summed E-state index contributed by atoms with van der Waals surface area (Å²) in [5, 5.41) is 0. The third kappa shape index (κ3) is 4.23. The fourth-order valence-corrected chi connectivity index (χ4v) is 3.41. The summed E-state index contributed by atoms with van der Waals surface area (Å²) < 4.78 is 7.64. The second-order valence-electron chi connectivity index (χ2n) is 6.40. The van der Waals surface area contributed by atoms with Crippen molar-refractivity contribution >= 4 is 5.91 Å². The summed E-state index contributed by atoms with van der Waals surface area (Å²) in [4.78, 5) is 18.4. The fraction of sp³-hybridized carbons (Fsp3) is 0.474. The van der Waals surface area contributed by atoms with Crippen molar-refractivity contribution in [1.29, 1.82) is 0 Å². The Kier molecular flexibility index (Phi) is 5.64. The van der Waals surface area contributed by atoms with Gasteiger partial charge in [0.05, 0.1) is 12.4 Å². The lowest BCUT2D eigenvalue weighted by Gasteiger charge is -2.38. The fourth-order valence-electron chi connectivity index (χ4n) is 3.41. The summed E-state index contributed by atoms with van der Waals surface area (Å²) in [6.07, 6.45) is 7.99. The van der Waals surface area contributed by atoms with E-state index >= 15 is 0 Å². The molecule has 3 rings (SSSR count). The van der Waals surface area contributed by atoms with Gasteiger partial charge in [-0.3, -0.25) is 4.79 Å². The molecule has 128 valence electrons. The zero-order valence-electron chi connectivity index (χ0n) is 14.2. The molecular formula is C19H25N3O2. The van der Waals surface area contributed by atoms with E-state index in [1.807, 2.05) is 21.7 Å². The molecule has 5 heteroatoms. The number of likely N-dealkylation sites (tertiary alicyclic amines) is 1. The van der Waals surface area contributed by atoms with E-state index in [0.29, 0.717) is 25.4 Å². The maximum Gasteiger partial charge on any atom is 0.224 e. The number of carbonyl (C=O) groups is 1. The number of hydrogen-bond donors (Lipinski definition) is 0. The lowest BCUT2D eigenvalue weighted by Crippen LogP contribution is -2.48. The van der Waals surface area contributed by atoms with Crippen molar-refractivity contribution < 1.29 is 9.53 Å². The number of benzene rings is 1. The molecular weight excluding hydrogens is 302 g/mol. The highest BCUT2D eigenvalue weighted by molar-refractivity contribution is 5.76. The molecule has 0 aliphatic carbocycles. The van der Waals surface area contributed by atoms with Gasteiger partial charge in [-0.15, -0.1) is 0 Å². The number of imidazole rings is 1. The number of ether oxygens (including phenoxy) is 1. The summed E-state index contributed by atoms with van der Waals surface area (Å²) in [6.45, 7) is 2.19. The van der Waals surface area contributed by atoms with Crippen LogP contribution >= 0.6 is 0 Å². The topological polar surface area (TPSA) is 47.4 Å². The third-order valence-corrected chi connectivity index (χ3v) is 4.84. The van der Waals surface area contributed by atoms with Crippen molar-refractivity contribution in [3.05, 3.63) is 54.6 Å². The highest BCUT2D eigenvalue weighted by Gasteiger charge is 2.31. The van der Waals surface area contributed by atoms with Crippen LogP contribution in [0, 0.1) is 5.92 Å². The molecule has 24 heavy (non-hydrogen) atoms. The van der Waals surface area contributed by atoms with Gasteiger partial charge in [-0.25, -0.2) is 4.98 Å². The van der Waals surface area contributed by atoms with Crippen LogP contribution in [-0.2, 0) is 22.5 Å². The van der Waals surface area contributed by atoms with Crippen LogP contribution in [0.5, 0.6) is 0 Å². The maximum atomic E-state index is 12.5. The van der Waals surface area contributed by atoms with Crippen molar-refractivity contribution in [2.24, 2.45) is 5.92 Å². The van der Waals surface area contributed by atoms with E-state index < -0.39 is 0 Å². The SMILES string of the molecule is CO[C@H]1CN(C(=O)CCn2ccnc2)CC[C@@H]1Cc1ccccc1. The van der Waals surface area contributed by atoms with Gasteiger partial charge in [0, 0.05) is 45.6 Å². The lowest BCUT2D eigenvalue weighted by molar-refractivity contribution is -0.136. The molecule has 1 aliphatic heterocycles. The Bertz CT molecular complexity index is 627. The molecule has 0 bridgehead atoms. The molecule has 2 heterocycles. The first-order valence-electron chi connectivity index (χ1n) is 8.56. The largest absolute Gasteiger partial charge is 0.379 e. The quantitative estimate of drug-likeness (QED) is 0.818. The Labute approximate surface area is 143 Å². The van der Waals surface area contributed by atoms with Gasteiger partial charge in [0.2, 0.25) is 5.91 Å². The Morgan fingerprint density at radius 1 is 1.33 bits per heavy atom. The van der Waals surface area contributed by atoms with Crippen molar-refractivity contribution in [1.82, 2.24) is 14.5 Å². The van der Waals surface area contributed by atoms with Gasteiger partial charge in [0.1, 0.15) is 0 Å². The van der Waals surface area contributed by atoms with Gasteiger partial charge in [-0.05, 0) is 24.3 Å². The summed E-state index contributed by atoms with van der Waals surface area (Å²) in [7, 11) is 1.75. The van der Waals surface area contributed by atoms with E-state index in [4.69, 9.17) is 4.74 Å². The van der Waals surface area contributed by atoms with Gasteiger partial charge in [-0.2, -0.15) is 0 Å². The number of hydrogen-bond acceptors (Lipinski definition) is 3. The molecule has 5 nitrogen and oxygen atoms in total. The molecule has 1 aliphatic rings. The van der Waals surface area contributed by atoms with E-state index in [-0.39, 0.29) is 12.0 Å². The minimum Gasteiger partial charge on any atom is -0.379 e. The normalized spacial score (nSPS) is 21.0. The second-order valence-corrected chi connectivity index (χ2v) is 6.40. The zero-order chi connectivity index (χ0) is 16.8. The average Bonchev–Trinajstić information content (AvgIpc) is 3.14. The second kappa shape index (κ2) is 8.11. The first kappa shape index (κ1) is 16.7. The molecule has 1 amide bonds. The van der Waals surface area contributed by atoms with Crippen LogP contribution in [0.25, 0.3) is 0 Å². The molecule has 0 spiro atoms. The van der Waals surface area contributed by atoms with Crippen molar-refractivity contribution in [2.75, 3.05) is 20.2 Å². The van der Waals surface area contributed by atoms with Crippen molar-refractivity contribution in [3.8, 4) is 0 Å². The van der Waals surface area contributed by atoms with Crippen LogP contribution in [-0.4, -0.2) is 46.7 Å². The van der Waals surface area contributed by atoms with Crippen LogP contribution in [0.2, 0.25) is 0 Å². The number of piperidine rings is 1. The number of amides is 1. The Hall–Kier alpha value is -2.14. The highest BCUT2D eigenvalue weighted by atomic mass is 16.5. The summed E-state index contributed by atoms with van der Waals surface area (Å²) in [5.41, 5.74) is 1.34. The Morgan fingerprint density at radius 2 is 2.17 bits per heavy atom.